The highest BCUT2D eigenvalue weighted by molar-refractivity contribution is 5.91. The van der Waals surface area contributed by atoms with Crippen LogP contribution < -0.4 is 5.73 Å². The van der Waals surface area contributed by atoms with Gasteiger partial charge in [-0.05, 0) is 27.4 Å². The van der Waals surface area contributed by atoms with E-state index in [1.165, 1.54) is 0 Å². The van der Waals surface area contributed by atoms with Crippen molar-refractivity contribution in [3.05, 3.63) is 11.6 Å². The third-order valence-corrected chi connectivity index (χ3v) is 2.08. The molecular weight excluding hydrogens is 164 g/mol. The summed E-state index contributed by atoms with van der Waals surface area (Å²) in [6, 6.07) is 0.317. The lowest BCUT2D eigenvalue weighted by molar-refractivity contribution is -0.114. The van der Waals surface area contributed by atoms with Crippen LogP contribution in [0.15, 0.2) is 11.6 Å². The number of hydrogen-bond acceptors (Lipinski definition) is 2. The van der Waals surface area contributed by atoms with Crippen molar-refractivity contribution in [2.24, 2.45) is 5.73 Å². The van der Waals surface area contributed by atoms with Gasteiger partial charge in [-0.15, -0.1) is 0 Å². The summed E-state index contributed by atoms with van der Waals surface area (Å²) in [4.78, 5) is 12.9. The van der Waals surface area contributed by atoms with E-state index in [1.54, 1.807) is 6.92 Å². The van der Waals surface area contributed by atoms with Gasteiger partial charge >= 0.3 is 0 Å². The normalized spacial score (nSPS) is 14.7. The summed E-state index contributed by atoms with van der Waals surface area (Å²) < 4.78 is 0. The number of primary amides is 1. The van der Waals surface area contributed by atoms with Crippen molar-refractivity contribution < 1.29 is 4.79 Å². The van der Waals surface area contributed by atoms with E-state index < -0.39 is 0 Å². The van der Waals surface area contributed by atoms with Crippen LogP contribution in [0.1, 0.15) is 26.7 Å². The fourth-order valence-corrected chi connectivity index (χ4v) is 1.16. The molecule has 0 bridgehead atoms. The molecule has 1 atom stereocenters. The van der Waals surface area contributed by atoms with Crippen LogP contribution in [0.25, 0.3) is 0 Å². The molecule has 0 aromatic rings. The zero-order chi connectivity index (χ0) is 10.4. The molecule has 0 aromatic carbocycles. The number of nitrogens with zero attached hydrogens (tertiary/aromatic N) is 1. The van der Waals surface area contributed by atoms with Gasteiger partial charge in [0.05, 0.1) is 0 Å². The summed E-state index contributed by atoms with van der Waals surface area (Å²) in [5, 5.41) is 0. The number of rotatable bonds is 5. The van der Waals surface area contributed by atoms with Crippen LogP contribution in [0.5, 0.6) is 0 Å². The maximum atomic E-state index is 10.8. The zero-order valence-electron chi connectivity index (χ0n) is 9.00. The van der Waals surface area contributed by atoms with Crippen LogP contribution in [-0.2, 0) is 4.79 Å². The van der Waals surface area contributed by atoms with Crippen molar-refractivity contribution in [1.82, 2.24) is 4.90 Å². The largest absolute Gasteiger partial charge is 0.366 e. The molecule has 0 aromatic heterocycles. The quantitative estimate of drug-likeness (QED) is 0.651. The minimum Gasteiger partial charge on any atom is -0.366 e. The maximum absolute atomic E-state index is 10.8. The molecule has 76 valence electrons. The van der Waals surface area contributed by atoms with Gasteiger partial charge in [-0.25, -0.2) is 0 Å². The molecule has 0 heterocycles. The predicted molar refractivity (Wildman–Crippen MR) is 55.3 cm³/mol. The first-order valence-electron chi connectivity index (χ1n) is 4.63. The molecule has 1 unspecified atom stereocenters. The Bertz CT molecular complexity index is 197. The summed E-state index contributed by atoms with van der Waals surface area (Å²) in [6.07, 6.45) is 4.09. The lowest BCUT2D eigenvalue weighted by Gasteiger charge is -2.20. The molecule has 0 rings (SSSR count). The fraction of sp³-hybridized carbons (Fsp3) is 0.700. The molecule has 0 fully saturated rings. The number of amides is 1. The number of nitrogens with two attached hydrogens (primary N) is 1. The highest BCUT2D eigenvalue weighted by Crippen LogP contribution is 2.07. The smallest absolute Gasteiger partial charge is 0.244 e. The lowest BCUT2D eigenvalue weighted by Crippen LogP contribution is -2.27. The van der Waals surface area contributed by atoms with E-state index in [0.29, 0.717) is 11.6 Å². The fourth-order valence-electron chi connectivity index (χ4n) is 1.16. The van der Waals surface area contributed by atoms with Crippen molar-refractivity contribution in [3.63, 3.8) is 0 Å². The van der Waals surface area contributed by atoms with Gasteiger partial charge < -0.3 is 10.6 Å². The average molecular weight is 184 g/mol. The molecule has 3 heteroatoms. The van der Waals surface area contributed by atoms with Gasteiger partial charge in [0.15, 0.2) is 0 Å². The second-order valence-electron chi connectivity index (χ2n) is 3.53. The Labute approximate surface area is 80.6 Å². The van der Waals surface area contributed by atoms with Gasteiger partial charge in [0.1, 0.15) is 0 Å². The Morgan fingerprint density at radius 3 is 2.38 bits per heavy atom. The maximum Gasteiger partial charge on any atom is 0.244 e. The SMILES string of the molecule is CCCC(/C=C(\C)C(N)=O)N(C)C. The van der Waals surface area contributed by atoms with Gasteiger partial charge in [-0.3, -0.25) is 4.79 Å². The Hall–Kier alpha value is -0.830. The van der Waals surface area contributed by atoms with Crippen molar-refractivity contribution >= 4 is 5.91 Å². The van der Waals surface area contributed by atoms with Crippen molar-refractivity contribution in [2.45, 2.75) is 32.7 Å². The predicted octanol–water partition coefficient (Wildman–Crippen LogP) is 1.15. The van der Waals surface area contributed by atoms with Crippen LogP contribution in [0, 0.1) is 0 Å². The van der Waals surface area contributed by atoms with E-state index in [2.05, 4.69) is 11.8 Å². The molecule has 2 N–H and O–H groups in total. The van der Waals surface area contributed by atoms with E-state index in [9.17, 15) is 4.79 Å². The van der Waals surface area contributed by atoms with E-state index in [4.69, 9.17) is 5.73 Å². The first-order valence-corrected chi connectivity index (χ1v) is 4.63. The number of hydrogen-bond donors (Lipinski definition) is 1. The van der Waals surface area contributed by atoms with Gasteiger partial charge in [0.2, 0.25) is 5.91 Å². The summed E-state index contributed by atoms with van der Waals surface area (Å²) in [7, 11) is 4.01. The lowest BCUT2D eigenvalue weighted by atomic mass is 10.1. The van der Waals surface area contributed by atoms with Gasteiger partial charge in [-0.1, -0.05) is 19.4 Å². The molecule has 13 heavy (non-hydrogen) atoms. The topological polar surface area (TPSA) is 46.3 Å². The van der Waals surface area contributed by atoms with Crippen molar-refractivity contribution in [1.29, 1.82) is 0 Å². The first-order chi connectivity index (χ1) is 5.99. The monoisotopic (exact) mass is 184 g/mol. The van der Waals surface area contributed by atoms with Crippen LogP contribution >= 0.6 is 0 Å². The molecule has 0 spiro atoms. The standard InChI is InChI=1S/C10H20N2O/c1-5-6-9(12(3)4)7-8(2)10(11)13/h7,9H,5-6H2,1-4H3,(H2,11,13)/b8-7+. The van der Waals surface area contributed by atoms with Crippen molar-refractivity contribution in [3.8, 4) is 0 Å². The van der Waals surface area contributed by atoms with Crippen LogP contribution in [-0.4, -0.2) is 30.9 Å². The molecule has 0 aliphatic carbocycles. The number of carbonyl (C=O) groups excluding carboxylic acids is 1. The highest BCUT2D eigenvalue weighted by Gasteiger charge is 2.08. The number of carbonyl (C=O) groups is 1. The second-order valence-corrected chi connectivity index (χ2v) is 3.53. The second kappa shape index (κ2) is 5.75. The van der Waals surface area contributed by atoms with Gasteiger partial charge in [0, 0.05) is 11.6 Å². The molecule has 0 radical (unpaired) electrons. The molecule has 0 aliphatic rings. The molecule has 1 amide bonds. The Morgan fingerprint density at radius 1 is 1.54 bits per heavy atom. The van der Waals surface area contributed by atoms with Crippen LogP contribution in [0.4, 0.5) is 0 Å². The Kier molecular flexibility index (Phi) is 5.39. The van der Waals surface area contributed by atoms with Crippen LogP contribution in [0.3, 0.4) is 0 Å². The minimum absolute atomic E-state index is 0.317. The highest BCUT2D eigenvalue weighted by atomic mass is 16.1. The molecule has 0 saturated heterocycles. The number of likely N-dealkylation sites (N-methyl/N-ethyl adjacent to an activating group) is 1. The summed E-state index contributed by atoms with van der Waals surface area (Å²) in [5.74, 6) is -0.331. The molecule has 3 nitrogen and oxygen atoms in total. The molecule has 0 saturated carbocycles. The van der Waals surface area contributed by atoms with Crippen LogP contribution in [0.2, 0.25) is 0 Å². The summed E-state index contributed by atoms with van der Waals surface area (Å²) in [6.45, 7) is 3.89. The first kappa shape index (κ1) is 12.2. The van der Waals surface area contributed by atoms with E-state index in [1.807, 2.05) is 20.2 Å². The summed E-state index contributed by atoms with van der Waals surface area (Å²) >= 11 is 0. The molecule has 0 aliphatic heterocycles. The van der Waals surface area contributed by atoms with Crippen molar-refractivity contribution in [2.75, 3.05) is 14.1 Å². The zero-order valence-corrected chi connectivity index (χ0v) is 9.00. The van der Waals surface area contributed by atoms with E-state index in [0.717, 1.165) is 12.8 Å². The van der Waals surface area contributed by atoms with E-state index >= 15 is 0 Å². The molecular formula is C10H20N2O. The average Bonchev–Trinajstić information content (AvgIpc) is 2.03. The summed E-state index contributed by atoms with van der Waals surface area (Å²) in [5.41, 5.74) is 5.80. The van der Waals surface area contributed by atoms with E-state index in [-0.39, 0.29) is 5.91 Å². The third kappa shape index (κ3) is 4.68. The van der Waals surface area contributed by atoms with Gasteiger partial charge in [-0.2, -0.15) is 0 Å². The Balaban J connectivity index is 4.39. The minimum atomic E-state index is -0.331. The Morgan fingerprint density at radius 2 is 2.08 bits per heavy atom. The third-order valence-electron chi connectivity index (χ3n) is 2.08. The van der Waals surface area contributed by atoms with Gasteiger partial charge in [0.25, 0.3) is 0 Å².